The van der Waals surface area contributed by atoms with Crippen molar-refractivity contribution in [2.24, 2.45) is 22.7 Å². The van der Waals surface area contributed by atoms with Crippen LogP contribution in [0.15, 0.2) is 59.4 Å². The van der Waals surface area contributed by atoms with E-state index in [2.05, 4.69) is 17.8 Å². The quantitative estimate of drug-likeness (QED) is 0.490. The van der Waals surface area contributed by atoms with E-state index in [0.717, 1.165) is 47.2 Å². The first-order valence-electron chi connectivity index (χ1n) is 12.7. The molecule has 4 saturated carbocycles. The highest BCUT2D eigenvalue weighted by Gasteiger charge is 2.58. The number of rotatable bonds is 6. The van der Waals surface area contributed by atoms with E-state index in [0.29, 0.717) is 23.8 Å². The van der Waals surface area contributed by atoms with Crippen LogP contribution in [-0.2, 0) is 11.3 Å². The van der Waals surface area contributed by atoms with Crippen molar-refractivity contribution in [3.8, 4) is 5.75 Å². The Balaban J connectivity index is 1.25. The Kier molecular flexibility index (Phi) is 5.17. The van der Waals surface area contributed by atoms with E-state index in [-0.39, 0.29) is 16.9 Å². The normalized spacial score (nSPS) is 28.7. The number of methoxy groups -OCH3 is 1. The van der Waals surface area contributed by atoms with Crippen molar-refractivity contribution >= 4 is 22.5 Å². The lowest BCUT2D eigenvalue weighted by Crippen LogP contribution is -2.57. The molecular weight excluding hydrogens is 438 g/mol. The van der Waals surface area contributed by atoms with Gasteiger partial charge < -0.3 is 9.30 Å². The van der Waals surface area contributed by atoms with Crippen LogP contribution < -0.4 is 21.1 Å². The number of amides is 1. The van der Waals surface area contributed by atoms with Gasteiger partial charge in [0.15, 0.2) is 0 Å². The zero-order chi connectivity index (χ0) is 24.2. The molecule has 0 saturated heterocycles. The molecule has 2 atom stereocenters. The van der Waals surface area contributed by atoms with Gasteiger partial charge in [-0.3, -0.25) is 20.4 Å². The minimum absolute atomic E-state index is 0.0590. The molecule has 1 amide bonds. The van der Waals surface area contributed by atoms with Crippen LogP contribution in [0.25, 0.3) is 10.9 Å². The van der Waals surface area contributed by atoms with E-state index in [4.69, 9.17) is 4.74 Å². The average Bonchev–Trinajstić information content (AvgIpc) is 2.83. The molecule has 6 nitrogen and oxygen atoms in total. The fourth-order valence-electron chi connectivity index (χ4n) is 7.76. The number of nitrogens with zero attached hydrogens (tertiary/aromatic N) is 1. The highest BCUT2D eigenvalue weighted by Crippen LogP contribution is 2.65. The van der Waals surface area contributed by atoms with Gasteiger partial charge in [0.1, 0.15) is 5.75 Å². The highest BCUT2D eigenvalue weighted by molar-refractivity contribution is 5.93. The van der Waals surface area contributed by atoms with Gasteiger partial charge in [0.25, 0.3) is 5.56 Å². The van der Waals surface area contributed by atoms with Crippen molar-refractivity contribution < 1.29 is 9.53 Å². The molecular formula is C29H33N3O3. The lowest BCUT2D eigenvalue weighted by atomic mass is 9.44. The van der Waals surface area contributed by atoms with Crippen LogP contribution in [0.5, 0.6) is 5.75 Å². The molecule has 2 unspecified atom stereocenters. The van der Waals surface area contributed by atoms with Gasteiger partial charge >= 0.3 is 0 Å². The molecule has 0 radical (unpaired) electrons. The number of hydrogen-bond acceptors (Lipinski definition) is 4. The van der Waals surface area contributed by atoms with Crippen LogP contribution in [0.3, 0.4) is 0 Å². The Morgan fingerprint density at radius 3 is 2.46 bits per heavy atom. The molecule has 6 heteroatoms. The Labute approximate surface area is 205 Å². The van der Waals surface area contributed by atoms with E-state index in [9.17, 15) is 9.59 Å². The monoisotopic (exact) mass is 471 g/mol. The molecule has 0 spiro atoms. The summed E-state index contributed by atoms with van der Waals surface area (Å²) in [4.78, 5) is 26.3. The van der Waals surface area contributed by atoms with Crippen LogP contribution in [-0.4, -0.2) is 17.6 Å². The summed E-state index contributed by atoms with van der Waals surface area (Å²) in [7, 11) is 1.64. The fraction of sp³-hybridized carbons (Fsp3) is 0.448. The number of ether oxygens (including phenoxy) is 1. The molecule has 4 bridgehead atoms. The molecule has 0 aliphatic heterocycles. The molecule has 7 rings (SSSR count). The predicted octanol–water partition coefficient (Wildman–Crippen LogP) is 5.11. The van der Waals surface area contributed by atoms with Crippen LogP contribution in [0, 0.1) is 22.7 Å². The van der Waals surface area contributed by atoms with E-state index in [1.165, 1.54) is 19.3 Å². The number of hydrogen-bond donors (Lipinski definition) is 2. The summed E-state index contributed by atoms with van der Waals surface area (Å²) in [5.74, 6) is 2.30. The number of pyridine rings is 1. The third kappa shape index (κ3) is 3.89. The summed E-state index contributed by atoms with van der Waals surface area (Å²) in [5.41, 5.74) is 8.95. The van der Waals surface area contributed by atoms with E-state index in [1.807, 2.05) is 48.5 Å². The van der Waals surface area contributed by atoms with Crippen molar-refractivity contribution in [1.29, 1.82) is 0 Å². The maximum Gasteiger partial charge on any atom is 0.251 e. The third-order valence-electron chi connectivity index (χ3n) is 8.68. The SMILES string of the molecule is COc1ccc(Cn2c(=O)ccc3c(NNC(=O)C45CC6CC(CC(C)(C6)C4)C5)cccc32)cc1. The van der Waals surface area contributed by atoms with Crippen molar-refractivity contribution in [3.63, 3.8) is 0 Å². The van der Waals surface area contributed by atoms with Gasteiger partial charge in [-0.15, -0.1) is 0 Å². The lowest BCUT2D eigenvalue weighted by Gasteiger charge is -2.60. The Morgan fingerprint density at radius 1 is 1.03 bits per heavy atom. The topological polar surface area (TPSA) is 72.4 Å². The Bertz CT molecular complexity index is 1330. The first-order valence-corrected chi connectivity index (χ1v) is 12.7. The third-order valence-corrected chi connectivity index (χ3v) is 8.68. The summed E-state index contributed by atoms with van der Waals surface area (Å²) < 4.78 is 7.01. The number of benzene rings is 2. The largest absolute Gasteiger partial charge is 0.497 e. The summed E-state index contributed by atoms with van der Waals surface area (Å²) in [6.07, 6.45) is 6.89. The molecule has 3 aromatic rings. The molecule has 2 N–H and O–H groups in total. The first-order chi connectivity index (χ1) is 16.9. The number of nitrogens with one attached hydrogen (secondary N) is 2. The molecule has 4 aliphatic rings. The molecule has 1 aromatic heterocycles. The van der Waals surface area contributed by atoms with Gasteiger partial charge in [0, 0.05) is 11.5 Å². The second kappa shape index (κ2) is 8.14. The second-order valence-corrected chi connectivity index (χ2v) is 11.5. The van der Waals surface area contributed by atoms with Crippen molar-refractivity contribution in [1.82, 2.24) is 9.99 Å². The summed E-state index contributed by atoms with van der Waals surface area (Å²) >= 11 is 0. The molecule has 1 heterocycles. The maximum atomic E-state index is 13.5. The number of anilines is 1. The Morgan fingerprint density at radius 2 is 1.77 bits per heavy atom. The number of carbonyl (C=O) groups excluding carboxylic acids is 1. The fourth-order valence-corrected chi connectivity index (χ4v) is 7.76. The van der Waals surface area contributed by atoms with E-state index >= 15 is 0 Å². The van der Waals surface area contributed by atoms with E-state index in [1.54, 1.807) is 17.7 Å². The van der Waals surface area contributed by atoms with E-state index < -0.39 is 0 Å². The minimum atomic E-state index is -0.243. The molecule has 4 fully saturated rings. The zero-order valence-corrected chi connectivity index (χ0v) is 20.5. The highest BCUT2D eigenvalue weighted by atomic mass is 16.5. The first kappa shape index (κ1) is 22.2. The van der Waals surface area contributed by atoms with Gasteiger partial charge in [0.05, 0.1) is 30.3 Å². The van der Waals surface area contributed by atoms with Gasteiger partial charge in [-0.05, 0) is 91.7 Å². The summed E-state index contributed by atoms with van der Waals surface area (Å²) in [5, 5.41) is 0.901. The van der Waals surface area contributed by atoms with Gasteiger partial charge in [-0.2, -0.15) is 0 Å². The minimum Gasteiger partial charge on any atom is -0.497 e. The average molecular weight is 472 g/mol. The van der Waals surface area contributed by atoms with Crippen molar-refractivity contribution in [2.45, 2.75) is 52.0 Å². The number of aromatic nitrogens is 1. The molecule has 2 aromatic carbocycles. The smallest absolute Gasteiger partial charge is 0.251 e. The zero-order valence-electron chi connectivity index (χ0n) is 20.5. The van der Waals surface area contributed by atoms with Crippen LogP contribution in [0.4, 0.5) is 5.69 Å². The van der Waals surface area contributed by atoms with Crippen molar-refractivity contribution in [2.75, 3.05) is 12.5 Å². The number of carbonyl (C=O) groups is 1. The van der Waals surface area contributed by atoms with Crippen LogP contribution in [0.2, 0.25) is 0 Å². The predicted molar refractivity (Wildman–Crippen MR) is 137 cm³/mol. The molecule has 35 heavy (non-hydrogen) atoms. The van der Waals surface area contributed by atoms with Crippen molar-refractivity contribution in [3.05, 3.63) is 70.5 Å². The standard InChI is InChI=1S/C29H33N3O3/c1-28-13-20-12-21(14-28)16-29(15-20,18-28)27(34)31-30-24-4-3-5-25-23(24)10-11-26(33)32(25)17-19-6-8-22(35-2)9-7-19/h3-11,20-21,30H,12-18H2,1-2H3,(H,31,34). The second-order valence-electron chi connectivity index (χ2n) is 11.5. The molecule has 182 valence electrons. The van der Waals surface area contributed by atoms with Gasteiger partial charge in [0.2, 0.25) is 5.91 Å². The molecule has 4 aliphatic carbocycles. The number of fused-ring (bicyclic) bond motifs is 1. The maximum absolute atomic E-state index is 13.5. The Hall–Kier alpha value is -3.28. The van der Waals surface area contributed by atoms with Gasteiger partial charge in [-0.25, -0.2) is 0 Å². The van der Waals surface area contributed by atoms with Crippen LogP contribution in [0.1, 0.15) is 51.0 Å². The summed E-state index contributed by atoms with van der Waals surface area (Å²) in [6.45, 7) is 2.84. The lowest BCUT2D eigenvalue weighted by molar-refractivity contribution is -0.154. The van der Waals surface area contributed by atoms with Gasteiger partial charge in [-0.1, -0.05) is 25.1 Å². The van der Waals surface area contributed by atoms with Crippen LogP contribution >= 0.6 is 0 Å². The summed E-state index contributed by atoms with van der Waals surface area (Å²) in [6, 6.07) is 17.0. The number of hydrazine groups is 1.